The van der Waals surface area contributed by atoms with Gasteiger partial charge in [-0.1, -0.05) is 74.5 Å². The van der Waals surface area contributed by atoms with Crippen LogP contribution < -0.4 is 53.6 Å². The third-order valence-corrected chi connectivity index (χ3v) is 15.9. The number of hydrogen-bond donors (Lipinski definition) is 18. The van der Waals surface area contributed by atoms with Crippen molar-refractivity contribution in [2.24, 2.45) is 11.7 Å². The van der Waals surface area contributed by atoms with Gasteiger partial charge in [0.2, 0.25) is 59.1 Å². The zero-order chi connectivity index (χ0) is 68.8. The lowest BCUT2D eigenvalue weighted by Crippen LogP contribution is -2.61. The van der Waals surface area contributed by atoms with Crippen LogP contribution in [0.25, 0.3) is 10.9 Å². The fraction of sp³-hybridized carbons (Fsp3) is 0.459. The molecule has 3 aromatic carbocycles. The van der Waals surface area contributed by atoms with Crippen molar-refractivity contribution in [3.8, 4) is 5.75 Å². The van der Waals surface area contributed by atoms with Crippen LogP contribution >= 0.6 is 25.3 Å². The summed E-state index contributed by atoms with van der Waals surface area (Å²) in [6.45, 7) is 5.54. The van der Waals surface area contributed by atoms with E-state index >= 15 is 0 Å². The topological polar surface area (TPSA) is 476 Å². The molecule has 0 saturated carbocycles. The average molecular weight is 1330 g/mol. The monoisotopic (exact) mass is 1330 g/mol. The van der Waals surface area contributed by atoms with Gasteiger partial charge < -0.3 is 89.0 Å². The number of nitrogens with one attached hydrogen (secondary N) is 10. The summed E-state index contributed by atoms with van der Waals surface area (Å²) in [5.74, 6) is -15.2. The molecule has 0 spiro atoms. The number of aromatic amines is 1. The molecule has 1 fully saturated rings. The summed E-state index contributed by atoms with van der Waals surface area (Å²) in [6, 6.07) is 4.38. The van der Waals surface area contributed by atoms with E-state index in [2.05, 4.69) is 78.1 Å². The number of para-hydroxylation sites is 1. The van der Waals surface area contributed by atoms with E-state index in [0.717, 1.165) is 4.90 Å². The number of carboxylic acid groups (broad SMARTS) is 3. The van der Waals surface area contributed by atoms with Crippen LogP contribution in [-0.2, 0) is 81.6 Å². The van der Waals surface area contributed by atoms with Crippen LogP contribution in [0.4, 0.5) is 0 Å². The minimum absolute atomic E-state index is 0.00678. The summed E-state index contributed by atoms with van der Waals surface area (Å²) in [4.78, 5) is 179. The number of carbonyl (C=O) groups is 13. The number of benzene rings is 3. The number of thiol groups is 2. The zero-order valence-corrected chi connectivity index (χ0v) is 53.1. The molecule has 1 aliphatic rings. The molecule has 1 aliphatic heterocycles. The van der Waals surface area contributed by atoms with E-state index in [1.54, 1.807) is 74.6 Å². The number of carboxylic acids is 3. The predicted molar refractivity (Wildman–Crippen MR) is 341 cm³/mol. The molecular formula is C61H80N12O18S2. The Balaban J connectivity index is 1.36. The number of fused-ring (bicyclic) bond motifs is 1. The van der Waals surface area contributed by atoms with Gasteiger partial charge in [0.25, 0.3) is 0 Å². The Kier molecular flexibility index (Phi) is 28.4. The molecule has 4 aromatic rings. The molecule has 10 amide bonds. The highest BCUT2D eigenvalue weighted by Gasteiger charge is 2.42. The first-order chi connectivity index (χ1) is 44.0. The molecular weight excluding hydrogens is 1250 g/mol. The average Bonchev–Trinajstić information content (AvgIpc) is 1.77. The van der Waals surface area contributed by atoms with Crippen molar-refractivity contribution in [3.05, 3.63) is 102 Å². The number of likely N-dealkylation sites (tertiary alicyclic amines) is 1. The summed E-state index contributed by atoms with van der Waals surface area (Å²) in [6.07, 6.45) is -2.19. The SMILES string of the molecule is CC(NC(=O)[C@H](Cc1c[nH]c2ccccc12)NC(=O)[C@H](Cc1ccccc1)NC(=O)[C@H](CS)NC(=O)[C@H](CC(=O)O)NC(=O)[C@H]1CCCN1C(=O)[C@@H](NC(=O)[C@@H](N)CCC(=O)O)[C@@H](C)O)C(=O)N[C@@H](Cc1ccc(O)cc1)C(=O)N[C@@H](CS)C(=O)N[C@H](C(=O)O)C(C)C. The molecule has 17 N–H and O–H groups in total. The van der Waals surface area contributed by atoms with E-state index in [0.29, 0.717) is 27.6 Å². The predicted octanol–water partition coefficient (Wildman–Crippen LogP) is -2.08. The van der Waals surface area contributed by atoms with Crippen molar-refractivity contribution in [2.75, 3.05) is 18.1 Å². The molecule has 2 heterocycles. The van der Waals surface area contributed by atoms with Crippen LogP contribution in [0.5, 0.6) is 5.75 Å². The molecule has 0 radical (unpaired) electrons. The molecule has 12 atom stereocenters. The number of hydrogen-bond acceptors (Lipinski definition) is 18. The quantitative estimate of drug-likeness (QED) is 0.0220. The molecule has 5 rings (SSSR count). The molecule has 1 aromatic heterocycles. The number of aliphatic carboxylic acids is 3. The van der Waals surface area contributed by atoms with E-state index < -0.39 is 174 Å². The maximum absolute atomic E-state index is 14.8. The Morgan fingerprint density at radius 2 is 1.06 bits per heavy atom. The maximum Gasteiger partial charge on any atom is 0.326 e. The number of carbonyl (C=O) groups excluding carboxylic acids is 10. The molecule has 30 nitrogen and oxygen atoms in total. The summed E-state index contributed by atoms with van der Waals surface area (Å²) >= 11 is 8.46. The van der Waals surface area contributed by atoms with Crippen molar-refractivity contribution in [1.29, 1.82) is 0 Å². The number of aromatic hydroxyl groups is 1. The van der Waals surface area contributed by atoms with Crippen LogP contribution in [0.1, 0.15) is 76.5 Å². The van der Waals surface area contributed by atoms with E-state index in [9.17, 15) is 82.8 Å². The Morgan fingerprint density at radius 1 is 0.570 bits per heavy atom. The van der Waals surface area contributed by atoms with Crippen molar-refractivity contribution >= 4 is 113 Å². The lowest BCUT2D eigenvalue weighted by Gasteiger charge is -2.31. The number of amides is 10. The smallest absolute Gasteiger partial charge is 0.326 e. The first-order valence-electron chi connectivity index (χ1n) is 29.7. The lowest BCUT2D eigenvalue weighted by atomic mass is 10.0. The molecule has 1 unspecified atom stereocenters. The van der Waals surface area contributed by atoms with Crippen molar-refractivity contribution in [2.45, 2.75) is 152 Å². The second kappa shape index (κ2) is 35.5. The normalized spacial score (nSPS) is 16.4. The zero-order valence-electron chi connectivity index (χ0n) is 51.3. The number of phenolic OH excluding ortho intramolecular Hbond substituents is 1. The standard InChI is InChI=1S/C61H80N12O18S2/c1-30(2)49(61(90)91)71-58(87)45(29-93)70-55(84)40(24-34-16-18-36(75)19-17-34)65-51(80)31(3)64-53(82)42(25-35-27-63-39-14-9-8-13-37(35)39)67-54(83)41(23-33-11-6-5-7-12-33)66-57(86)44(28-92)69-56(85)43(26-48(78)79)68-59(88)46-15-10-22-73(46)60(89)50(32(4)74)72-52(81)38(62)20-21-47(76)77/h5-9,11-14,16-19,27,30-32,38,40-46,49-50,63,74-75,92-93H,10,15,20-26,28-29,62H2,1-4H3,(H,64,82)(H,65,80)(H,66,86)(H,67,83)(H,68,88)(H,69,85)(H,70,84)(H,71,87)(H,72,81)(H,76,77)(H,78,79)(H,90,91)/t31?,32-,38+,40+,41+,42+,43+,44+,45+,46-,49+,50+/m1/s1. The molecule has 0 bridgehead atoms. The van der Waals surface area contributed by atoms with Crippen LogP contribution in [0, 0.1) is 5.92 Å². The van der Waals surface area contributed by atoms with Gasteiger partial charge in [-0.2, -0.15) is 25.3 Å². The lowest BCUT2D eigenvalue weighted by molar-refractivity contribution is -0.145. The second-order valence-corrected chi connectivity index (χ2v) is 23.4. The third-order valence-electron chi connectivity index (χ3n) is 15.2. The number of nitrogens with two attached hydrogens (primary N) is 1. The van der Waals surface area contributed by atoms with Gasteiger partial charge in [-0.3, -0.25) is 57.5 Å². The van der Waals surface area contributed by atoms with Crippen molar-refractivity contribution in [1.82, 2.24) is 57.7 Å². The van der Waals surface area contributed by atoms with Gasteiger partial charge in [0.15, 0.2) is 0 Å². The number of aliphatic hydroxyl groups excluding tert-OH is 1. The second-order valence-electron chi connectivity index (χ2n) is 22.7. The molecule has 32 heteroatoms. The Bertz CT molecular complexity index is 3340. The highest BCUT2D eigenvalue weighted by molar-refractivity contribution is 7.80. The maximum atomic E-state index is 14.8. The fourth-order valence-electron chi connectivity index (χ4n) is 9.98. The number of rotatable bonds is 35. The van der Waals surface area contributed by atoms with Crippen LogP contribution in [-0.4, -0.2) is 203 Å². The number of H-pyrrole nitrogens is 1. The van der Waals surface area contributed by atoms with Gasteiger partial charge in [-0.05, 0) is 73.9 Å². The number of nitrogens with zero attached hydrogens (tertiary/aromatic N) is 1. The summed E-state index contributed by atoms with van der Waals surface area (Å²) in [7, 11) is 0. The number of phenols is 1. The minimum Gasteiger partial charge on any atom is -0.508 e. The first kappa shape index (κ1) is 74.5. The number of aliphatic hydroxyl groups is 1. The van der Waals surface area contributed by atoms with Crippen molar-refractivity contribution in [3.63, 3.8) is 0 Å². The van der Waals surface area contributed by atoms with E-state index in [1.807, 2.05) is 0 Å². The Labute approximate surface area is 545 Å². The number of aromatic nitrogens is 1. The minimum atomic E-state index is -1.89. The summed E-state index contributed by atoms with van der Waals surface area (Å²) in [5.41, 5.74) is 7.95. The first-order valence-corrected chi connectivity index (χ1v) is 31.0. The van der Waals surface area contributed by atoms with Gasteiger partial charge in [0.1, 0.15) is 66.2 Å². The Hall–Kier alpha value is -9.27. The van der Waals surface area contributed by atoms with E-state index in [4.69, 9.17) is 10.8 Å². The molecule has 0 aliphatic carbocycles. The van der Waals surface area contributed by atoms with Gasteiger partial charge >= 0.3 is 17.9 Å². The van der Waals surface area contributed by atoms with E-state index in [-0.39, 0.29) is 56.6 Å². The van der Waals surface area contributed by atoms with Gasteiger partial charge in [-0.15, -0.1) is 0 Å². The largest absolute Gasteiger partial charge is 0.508 e. The Morgan fingerprint density at radius 3 is 1.61 bits per heavy atom. The molecule has 93 heavy (non-hydrogen) atoms. The summed E-state index contributed by atoms with van der Waals surface area (Å²) < 4.78 is 0. The summed E-state index contributed by atoms with van der Waals surface area (Å²) in [5, 5.41) is 72.1. The third kappa shape index (κ3) is 22.2. The molecule has 504 valence electrons. The van der Waals surface area contributed by atoms with Gasteiger partial charge in [-0.25, -0.2) is 4.79 Å². The highest BCUT2D eigenvalue weighted by atomic mass is 32.1. The van der Waals surface area contributed by atoms with Crippen molar-refractivity contribution < 1.29 is 87.9 Å². The highest BCUT2D eigenvalue weighted by Crippen LogP contribution is 2.22. The molecule has 1 saturated heterocycles. The van der Waals surface area contributed by atoms with Crippen LogP contribution in [0.15, 0.2) is 85.1 Å². The fourth-order valence-corrected chi connectivity index (χ4v) is 10.5. The van der Waals surface area contributed by atoms with Gasteiger partial charge in [0, 0.05) is 60.8 Å². The van der Waals surface area contributed by atoms with Crippen LogP contribution in [0.2, 0.25) is 0 Å². The van der Waals surface area contributed by atoms with Crippen LogP contribution in [0.3, 0.4) is 0 Å². The van der Waals surface area contributed by atoms with E-state index in [1.165, 1.54) is 38.1 Å². The van der Waals surface area contributed by atoms with Gasteiger partial charge in [0.05, 0.1) is 18.6 Å².